The van der Waals surface area contributed by atoms with Crippen molar-refractivity contribution in [2.24, 2.45) is 5.73 Å². The summed E-state index contributed by atoms with van der Waals surface area (Å²) in [5.74, 6) is 0.626. The third-order valence-corrected chi connectivity index (χ3v) is 3.82. The largest absolute Gasteiger partial charge is 0.338 e. The van der Waals surface area contributed by atoms with Gasteiger partial charge in [0, 0.05) is 5.56 Å². The third-order valence-electron chi connectivity index (χ3n) is 2.85. The van der Waals surface area contributed by atoms with Crippen LogP contribution >= 0.6 is 23.2 Å². The van der Waals surface area contributed by atoms with E-state index in [1.165, 1.54) is 0 Å². The van der Waals surface area contributed by atoms with Gasteiger partial charge in [-0.25, -0.2) is 0 Å². The van der Waals surface area contributed by atoms with Gasteiger partial charge < -0.3 is 10.3 Å². The molecular formula is C11H9Cl2N3O. The fourth-order valence-corrected chi connectivity index (χ4v) is 2.32. The fourth-order valence-electron chi connectivity index (χ4n) is 1.73. The second-order valence-electron chi connectivity index (χ2n) is 4.00. The van der Waals surface area contributed by atoms with Gasteiger partial charge in [-0.3, -0.25) is 0 Å². The molecule has 2 aromatic rings. The van der Waals surface area contributed by atoms with E-state index in [1.54, 1.807) is 0 Å². The lowest BCUT2D eigenvalue weighted by Crippen LogP contribution is -2.06. The van der Waals surface area contributed by atoms with Crippen molar-refractivity contribution in [2.75, 3.05) is 0 Å². The maximum absolute atomic E-state index is 5.96. The zero-order valence-corrected chi connectivity index (χ0v) is 10.2. The maximum Gasteiger partial charge on any atom is 0.234 e. The quantitative estimate of drug-likeness (QED) is 0.850. The molecule has 1 aliphatic carbocycles. The number of nitrogens with zero attached hydrogens (tertiary/aromatic N) is 2. The van der Waals surface area contributed by atoms with Crippen molar-refractivity contribution in [3.05, 3.63) is 36.2 Å². The molecule has 0 spiro atoms. The van der Waals surface area contributed by atoms with Crippen LogP contribution in [0.25, 0.3) is 11.4 Å². The summed E-state index contributed by atoms with van der Waals surface area (Å²) in [4.78, 5) is 4.26. The van der Waals surface area contributed by atoms with Crippen LogP contribution in [0.15, 0.2) is 34.9 Å². The minimum Gasteiger partial charge on any atom is -0.338 e. The first kappa shape index (κ1) is 11.0. The van der Waals surface area contributed by atoms with E-state index in [4.69, 9.17) is 33.5 Å². The van der Waals surface area contributed by atoms with Gasteiger partial charge in [-0.05, 0) is 0 Å². The van der Waals surface area contributed by atoms with Crippen LogP contribution in [0.2, 0.25) is 0 Å². The lowest BCUT2D eigenvalue weighted by Gasteiger charge is -1.91. The molecular weight excluding hydrogens is 261 g/mol. The van der Waals surface area contributed by atoms with Crippen LogP contribution in [0, 0.1) is 0 Å². The number of benzene rings is 1. The summed E-state index contributed by atoms with van der Waals surface area (Å²) in [6.07, 6.45) is 0. The predicted octanol–water partition coefficient (Wildman–Crippen LogP) is 2.33. The van der Waals surface area contributed by atoms with Crippen molar-refractivity contribution in [3.8, 4) is 11.4 Å². The topological polar surface area (TPSA) is 64.9 Å². The molecule has 6 heteroatoms. The Bertz CT molecular complexity index is 541. The van der Waals surface area contributed by atoms with Crippen LogP contribution in [0.1, 0.15) is 11.8 Å². The average molecular weight is 270 g/mol. The Hall–Kier alpha value is -1.10. The van der Waals surface area contributed by atoms with Crippen LogP contribution < -0.4 is 5.73 Å². The molecule has 17 heavy (non-hydrogen) atoms. The van der Waals surface area contributed by atoms with Gasteiger partial charge in [0.05, 0.1) is 12.0 Å². The third kappa shape index (κ3) is 1.73. The highest BCUT2D eigenvalue weighted by molar-refractivity contribution is 6.52. The van der Waals surface area contributed by atoms with Crippen molar-refractivity contribution in [1.29, 1.82) is 0 Å². The van der Waals surface area contributed by atoms with Crippen LogP contribution in [-0.2, 0) is 0 Å². The Labute approximate surface area is 108 Å². The number of hydrogen-bond donors (Lipinski definition) is 1. The summed E-state index contributed by atoms with van der Waals surface area (Å²) >= 11 is 11.9. The zero-order valence-electron chi connectivity index (χ0n) is 8.68. The number of alkyl halides is 2. The molecule has 1 heterocycles. The molecule has 1 aromatic carbocycles. The molecule has 2 unspecified atom stereocenters. The highest BCUT2D eigenvalue weighted by atomic mass is 35.5. The van der Waals surface area contributed by atoms with E-state index >= 15 is 0 Å². The van der Waals surface area contributed by atoms with E-state index in [0.29, 0.717) is 11.7 Å². The minimum atomic E-state index is -0.986. The number of hydrogen-bond acceptors (Lipinski definition) is 4. The minimum absolute atomic E-state index is 0.282. The smallest absolute Gasteiger partial charge is 0.234 e. The average Bonchev–Trinajstić information content (AvgIpc) is 2.72. The second-order valence-corrected chi connectivity index (χ2v) is 5.44. The second kappa shape index (κ2) is 3.70. The van der Waals surface area contributed by atoms with Gasteiger partial charge in [0.25, 0.3) is 0 Å². The Morgan fingerprint density at radius 1 is 1.24 bits per heavy atom. The summed E-state index contributed by atoms with van der Waals surface area (Å²) in [7, 11) is 0. The first-order chi connectivity index (χ1) is 8.10. The number of halogens is 2. The number of rotatable bonds is 2. The van der Waals surface area contributed by atoms with Crippen LogP contribution in [0.4, 0.5) is 0 Å². The first-order valence-corrected chi connectivity index (χ1v) is 5.88. The summed E-state index contributed by atoms with van der Waals surface area (Å²) in [5.41, 5.74) is 6.61. The van der Waals surface area contributed by atoms with E-state index in [1.807, 2.05) is 30.3 Å². The molecule has 4 nitrogen and oxygen atoms in total. The van der Waals surface area contributed by atoms with Gasteiger partial charge in [0.2, 0.25) is 11.7 Å². The summed E-state index contributed by atoms with van der Waals surface area (Å²) < 4.78 is 4.15. The Balaban J connectivity index is 1.90. The molecule has 1 fully saturated rings. The van der Waals surface area contributed by atoms with Gasteiger partial charge in [0.15, 0.2) is 0 Å². The van der Waals surface area contributed by atoms with E-state index in [9.17, 15) is 0 Å². The van der Waals surface area contributed by atoms with E-state index in [-0.39, 0.29) is 12.0 Å². The SMILES string of the molecule is NC1C(c2nc(-c3ccccc3)no2)C1(Cl)Cl. The van der Waals surface area contributed by atoms with Gasteiger partial charge >= 0.3 is 0 Å². The van der Waals surface area contributed by atoms with Crippen LogP contribution in [0.3, 0.4) is 0 Å². The van der Waals surface area contributed by atoms with Crippen molar-refractivity contribution in [1.82, 2.24) is 10.1 Å². The monoisotopic (exact) mass is 269 g/mol. The number of nitrogens with two attached hydrogens (primary N) is 1. The van der Waals surface area contributed by atoms with E-state index < -0.39 is 4.33 Å². The summed E-state index contributed by atoms with van der Waals surface area (Å²) in [6, 6.07) is 9.18. The highest BCUT2D eigenvalue weighted by Gasteiger charge is 2.65. The maximum atomic E-state index is 5.96. The lowest BCUT2D eigenvalue weighted by atomic mass is 10.2. The molecule has 88 valence electrons. The molecule has 2 N–H and O–H groups in total. The molecule has 0 amide bonds. The molecule has 1 aliphatic rings. The lowest BCUT2D eigenvalue weighted by molar-refractivity contribution is 0.378. The number of aromatic nitrogens is 2. The Morgan fingerprint density at radius 2 is 1.88 bits per heavy atom. The predicted molar refractivity (Wildman–Crippen MR) is 64.9 cm³/mol. The molecule has 0 radical (unpaired) electrons. The van der Waals surface area contributed by atoms with Gasteiger partial charge in [0.1, 0.15) is 4.33 Å². The van der Waals surface area contributed by atoms with E-state index in [0.717, 1.165) is 5.56 Å². The van der Waals surface area contributed by atoms with Crippen molar-refractivity contribution in [3.63, 3.8) is 0 Å². The molecule has 0 bridgehead atoms. The molecule has 1 aromatic heterocycles. The highest BCUT2D eigenvalue weighted by Crippen LogP contribution is 2.57. The van der Waals surface area contributed by atoms with Gasteiger partial charge in [-0.1, -0.05) is 58.7 Å². The van der Waals surface area contributed by atoms with Crippen molar-refractivity contribution in [2.45, 2.75) is 16.3 Å². The molecule has 2 atom stereocenters. The van der Waals surface area contributed by atoms with Gasteiger partial charge in [-0.15, -0.1) is 0 Å². The Morgan fingerprint density at radius 3 is 2.47 bits per heavy atom. The molecule has 1 saturated carbocycles. The standard InChI is InChI=1S/C11H9Cl2N3O/c12-11(13)7(8(11)14)10-15-9(16-17-10)6-4-2-1-3-5-6/h1-5,7-8H,14H2. The normalized spacial score (nSPS) is 25.8. The molecule has 0 saturated heterocycles. The van der Waals surface area contributed by atoms with Gasteiger partial charge in [-0.2, -0.15) is 4.98 Å². The van der Waals surface area contributed by atoms with Crippen molar-refractivity contribution < 1.29 is 4.52 Å². The van der Waals surface area contributed by atoms with Crippen LogP contribution in [-0.4, -0.2) is 20.5 Å². The molecule has 0 aliphatic heterocycles. The summed E-state index contributed by atoms with van der Waals surface area (Å²) in [5, 5.41) is 3.89. The van der Waals surface area contributed by atoms with Crippen LogP contribution in [0.5, 0.6) is 0 Å². The fraction of sp³-hybridized carbons (Fsp3) is 0.273. The summed E-state index contributed by atoms with van der Waals surface area (Å²) in [6.45, 7) is 0. The zero-order chi connectivity index (χ0) is 12.0. The van der Waals surface area contributed by atoms with E-state index in [2.05, 4.69) is 10.1 Å². The van der Waals surface area contributed by atoms with Crippen molar-refractivity contribution >= 4 is 23.2 Å². The molecule has 3 rings (SSSR count). The first-order valence-electron chi connectivity index (χ1n) is 5.13. The Kier molecular flexibility index (Phi) is 2.40.